The third kappa shape index (κ3) is 3.61. The number of carbonyl (C=O) groups excluding carboxylic acids is 1. The third-order valence-electron chi connectivity index (χ3n) is 3.40. The van der Waals surface area contributed by atoms with Crippen molar-refractivity contribution in [1.82, 2.24) is 0 Å². The Morgan fingerprint density at radius 2 is 1.86 bits per heavy atom. The molecule has 0 heterocycles. The molecule has 0 fully saturated rings. The Morgan fingerprint density at radius 3 is 2.43 bits per heavy atom. The summed E-state index contributed by atoms with van der Waals surface area (Å²) in [7, 11) is 1.88. The molecule has 0 N–H and O–H groups in total. The average molecular weight is 306 g/mol. The van der Waals surface area contributed by atoms with Crippen LogP contribution in [0.25, 0.3) is 0 Å². The maximum atomic E-state index is 13.7. The fourth-order valence-corrected chi connectivity index (χ4v) is 2.34. The summed E-state index contributed by atoms with van der Waals surface area (Å²) in [5, 5.41) is 0.684. The molecule has 0 amide bonds. The maximum absolute atomic E-state index is 13.7. The Hall–Kier alpha value is -1.87. The standard InChI is InChI=1S/C17H17ClFNO/c1-11-8-17(15(12(2)21)9-16(11)19)20(3)10-13-4-6-14(18)7-5-13/h4-9H,10H2,1-3H3. The van der Waals surface area contributed by atoms with E-state index in [9.17, 15) is 9.18 Å². The normalized spacial score (nSPS) is 10.5. The Balaban J connectivity index is 2.33. The minimum atomic E-state index is -0.358. The molecular formula is C17H17ClFNO. The molecule has 2 aromatic rings. The fourth-order valence-electron chi connectivity index (χ4n) is 2.21. The van der Waals surface area contributed by atoms with Crippen LogP contribution < -0.4 is 4.90 Å². The van der Waals surface area contributed by atoms with Crippen LogP contribution in [-0.2, 0) is 6.54 Å². The van der Waals surface area contributed by atoms with E-state index in [2.05, 4.69) is 0 Å². The Morgan fingerprint density at radius 1 is 1.24 bits per heavy atom. The SMILES string of the molecule is CC(=O)c1cc(F)c(C)cc1N(C)Cc1ccc(Cl)cc1. The van der Waals surface area contributed by atoms with Gasteiger partial charge in [-0.1, -0.05) is 23.7 Å². The van der Waals surface area contributed by atoms with Crippen LogP contribution in [0.2, 0.25) is 5.02 Å². The minimum Gasteiger partial charge on any atom is -0.370 e. The number of carbonyl (C=O) groups is 1. The quantitative estimate of drug-likeness (QED) is 0.768. The maximum Gasteiger partial charge on any atom is 0.161 e. The van der Waals surface area contributed by atoms with Crippen molar-refractivity contribution in [2.75, 3.05) is 11.9 Å². The summed E-state index contributed by atoms with van der Waals surface area (Å²) in [6.45, 7) is 3.76. The van der Waals surface area contributed by atoms with Crippen LogP contribution in [0.15, 0.2) is 36.4 Å². The van der Waals surface area contributed by atoms with E-state index < -0.39 is 0 Å². The van der Waals surface area contributed by atoms with E-state index >= 15 is 0 Å². The van der Waals surface area contributed by atoms with E-state index in [-0.39, 0.29) is 11.6 Å². The molecule has 0 unspecified atom stereocenters. The molecule has 0 aliphatic heterocycles. The molecule has 0 bridgehead atoms. The molecule has 21 heavy (non-hydrogen) atoms. The molecule has 2 rings (SSSR count). The first-order valence-electron chi connectivity index (χ1n) is 6.65. The van der Waals surface area contributed by atoms with Gasteiger partial charge in [-0.15, -0.1) is 0 Å². The fraction of sp³-hybridized carbons (Fsp3) is 0.235. The zero-order valence-electron chi connectivity index (χ0n) is 12.3. The lowest BCUT2D eigenvalue weighted by Crippen LogP contribution is -2.19. The molecule has 0 aromatic heterocycles. The van der Waals surface area contributed by atoms with Gasteiger partial charge < -0.3 is 4.90 Å². The van der Waals surface area contributed by atoms with Crippen molar-refractivity contribution in [2.24, 2.45) is 0 Å². The van der Waals surface area contributed by atoms with Crippen LogP contribution in [0.3, 0.4) is 0 Å². The second-order valence-electron chi connectivity index (χ2n) is 5.16. The second kappa shape index (κ2) is 6.27. The highest BCUT2D eigenvalue weighted by molar-refractivity contribution is 6.30. The van der Waals surface area contributed by atoms with Gasteiger partial charge in [-0.25, -0.2) is 4.39 Å². The summed E-state index contributed by atoms with van der Waals surface area (Å²) in [6, 6.07) is 10.5. The van der Waals surface area contributed by atoms with Crippen molar-refractivity contribution in [3.8, 4) is 0 Å². The van der Waals surface area contributed by atoms with Crippen LogP contribution in [-0.4, -0.2) is 12.8 Å². The van der Waals surface area contributed by atoms with Gasteiger partial charge >= 0.3 is 0 Å². The molecule has 0 saturated heterocycles. The summed E-state index contributed by atoms with van der Waals surface area (Å²) >= 11 is 5.87. The highest BCUT2D eigenvalue weighted by atomic mass is 35.5. The second-order valence-corrected chi connectivity index (χ2v) is 5.59. The molecule has 0 spiro atoms. The van der Waals surface area contributed by atoms with Crippen molar-refractivity contribution >= 4 is 23.1 Å². The summed E-state index contributed by atoms with van der Waals surface area (Å²) in [4.78, 5) is 13.7. The number of anilines is 1. The first-order chi connectivity index (χ1) is 9.88. The predicted molar refractivity (Wildman–Crippen MR) is 84.7 cm³/mol. The van der Waals surface area contributed by atoms with Gasteiger partial charge in [0.2, 0.25) is 0 Å². The van der Waals surface area contributed by atoms with E-state index in [1.165, 1.54) is 13.0 Å². The van der Waals surface area contributed by atoms with Gasteiger partial charge in [0.05, 0.1) is 0 Å². The number of rotatable bonds is 4. The number of hydrogen-bond donors (Lipinski definition) is 0. The highest BCUT2D eigenvalue weighted by Crippen LogP contribution is 2.25. The van der Waals surface area contributed by atoms with Gasteiger partial charge in [0.15, 0.2) is 5.78 Å². The zero-order valence-corrected chi connectivity index (χ0v) is 13.0. The number of nitrogens with zero attached hydrogens (tertiary/aromatic N) is 1. The molecule has 2 aromatic carbocycles. The van der Waals surface area contributed by atoms with Crippen molar-refractivity contribution in [3.63, 3.8) is 0 Å². The topological polar surface area (TPSA) is 20.3 Å². The Kier molecular flexibility index (Phi) is 4.63. The van der Waals surface area contributed by atoms with E-state index in [4.69, 9.17) is 11.6 Å². The number of hydrogen-bond acceptors (Lipinski definition) is 2. The lowest BCUT2D eigenvalue weighted by Gasteiger charge is -2.22. The first-order valence-corrected chi connectivity index (χ1v) is 7.03. The number of ketones is 1. The van der Waals surface area contributed by atoms with E-state index in [1.54, 1.807) is 13.0 Å². The lowest BCUT2D eigenvalue weighted by molar-refractivity contribution is 0.101. The smallest absolute Gasteiger partial charge is 0.161 e. The minimum absolute atomic E-state index is 0.146. The van der Waals surface area contributed by atoms with Crippen molar-refractivity contribution < 1.29 is 9.18 Å². The molecule has 110 valence electrons. The van der Waals surface area contributed by atoms with Gasteiger partial charge in [0, 0.05) is 29.9 Å². The first kappa shape index (κ1) is 15.5. The third-order valence-corrected chi connectivity index (χ3v) is 3.65. The van der Waals surface area contributed by atoms with Gasteiger partial charge in [-0.2, -0.15) is 0 Å². The van der Waals surface area contributed by atoms with Gasteiger partial charge in [-0.05, 0) is 49.2 Å². The van der Waals surface area contributed by atoms with Crippen LogP contribution in [0, 0.1) is 12.7 Å². The zero-order chi connectivity index (χ0) is 15.6. The largest absolute Gasteiger partial charge is 0.370 e. The summed E-state index contributed by atoms with van der Waals surface area (Å²) in [5.74, 6) is -0.504. The lowest BCUT2D eigenvalue weighted by atomic mass is 10.0. The molecule has 2 nitrogen and oxygen atoms in total. The Labute approximate surface area is 129 Å². The molecule has 0 saturated carbocycles. The molecule has 0 aliphatic rings. The van der Waals surface area contributed by atoms with Gasteiger partial charge in [-0.3, -0.25) is 4.79 Å². The summed E-state index contributed by atoms with van der Waals surface area (Å²) in [5.41, 5.74) is 2.72. The predicted octanol–water partition coefficient (Wildman–Crippen LogP) is 4.63. The van der Waals surface area contributed by atoms with Crippen LogP contribution in [0.4, 0.5) is 10.1 Å². The molecule has 0 atom stereocenters. The number of benzene rings is 2. The van der Waals surface area contributed by atoms with Gasteiger partial charge in [0.25, 0.3) is 0 Å². The summed E-state index contributed by atoms with van der Waals surface area (Å²) in [6.07, 6.45) is 0. The number of aryl methyl sites for hydroxylation is 1. The average Bonchev–Trinajstić information content (AvgIpc) is 2.43. The van der Waals surface area contributed by atoms with E-state index in [1.807, 2.05) is 36.2 Å². The van der Waals surface area contributed by atoms with Crippen molar-refractivity contribution in [2.45, 2.75) is 20.4 Å². The Bertz CT molecular complexity index is 667. The van der Waals surface area contributed by atoms with E-state index in [0.717, 1.165) is 11.3 Å². The van der Waals surface area contributed by atoms with E-state index in [0.29, 0.717) is 22.7 Å². The van der Waals surface area contributed by atoms with Crippen molar-refractivity contribution in [3.05, 3.63) is 63.9 Å². The van der Waals surface area contributed by atoms with Crippen LogP contribution >= 0.6 is 11.6 Å². The molecular weight excluding hydrogens is 289 g/mol. The monoisotopic (exact) mass is 305 g/mol. The highest BCUT2D eigenvalue weighted by Gasteiger charge is 2.14. The van der Waals surface area contributed by atoms with Gasteiger partial charge in [0.1, 0.15) is 5.82 Å². The molecule has 0 radical (unpaired) electrons. The van der Waals surface area contributed by atoms with Crippen LogP contribution in [0.1, 0.15) is 28.4 Å². The number of Topliss-reactive ketones (excluding diaryl/α,β-unsaturated/α-hetero) is 1. The summed E-state index contributed by atoms with van der Waals surface area (Å²) < 4.78 is 13.7. The number of halogens is 2. The molecule has 0 aliphatic carbocycles. The van der Waals surface area contributed by atoms with Crippen molar-refractivity contribution in [1.29, 1.82) is 0 Å². The van der Waals surface area contributed by atoms with Crippen LogP contribution in [0.5, 0.6) is 0 Å². The molecule has 4 heteroatoms.